The minimum absolute atomic E-state index is 0.0632. The molecule has 126 valence electrons. The van der Waals surface area contributed by atoms with Gasteiger partial charge in [-0.3, -0.25) is 9.48 Å². The Hall–Kier alpha value is -2.15. The zero-order valence-electron chi connectivity index (χ0n) is 13.6. The Balaban J connectivity index is 1.90. The van der Waals surface area contributed by atoms with E-state index in [1.165, 1.54) is 0 Å². The first-order valence-corrected chi connectivity index (χ1v) is 8.58. The SMILES string of the molecule is CCOC(=O)c1c2c(nn1C)CCN(C(=O)c1ccccc1Br)C2. The van der Waals surface area contributed by atoms with Gasteiger partial charge in [-0.25, -0.2) is 4.79 Å². The summed E-state index contributed by atoms with van der Waals surface area (Å²) in [4.78, 5) is 26.7. The Morgan fingerprint density at radius 3 is 2.79 bits per heavy atom. The summed E-state index contributed by atoms with van der Waals surface area (Å²) in [6.45, 7) is 3.01. The lowest BCUT2D eigenvalue weighted by Crippen LogP contribution is -2.36. The van der Waals surface area contributed by atoms with Crippen molar-refractivity contribution in [3.63, 3.8) is 0 Å². The quantitative estimate of drug-likeness (QED) is 0.754. The molecule has 0 bridgehead atoms. The van der Waals surface area contributed by atoms with Crippen molar-refractivity contribution in [3.05, 3.63) is 51.3 Å². The van der Waals surface area contributed by atoms with Crippen LogP contribution < -0.4 is 0 Å². The summed E-state index contributed by atoms with van der Waals surface area (Å²) < 4.78 is 7.43. The van der Waals surface area contributed by atoms with Crippen LogP contribution in [0.5, 0.6) is 0 Å². The van der Waals surface area contributed by atoms with Gasteiger partial charge in [0, 0.05) is 30.0 Å². The average Bonchev–Trinajstić information content (AvgIpc) is 2.89. The van der Waals surface area contributed by atoms with Crippen LogP contribution in [0.25, 0.3) is 0 Å². The molecule has 0 aliphatic carbocycles. The molecule has 0 fully saturated rings. The molecule has 0 spiro atoms. The van der Waals surface area contributed by atoms with Crippen molar-refractivity contribution in [2.24, 2.45) is 7.05 Å². The highest BCUT2D eigenvalue weighted by atomic mass is 79.9. The molecular weight excluding hydrogens is 374 g/mol. The molecule has 1 aromatic heterocycles. The van der Waals surface area contributed by atoms with Crippen LogP contribution >= 0.6 is 15.9 Å². The first-order chi connectivity index (χ1) is 11.5. The van der Waals surface area contributed by atoms with E-state index in [9.17, 15) is 9.59 Å². The molecule has 1 amide bonds. The highest BCUT2D eigenvalue weighted by Gasteiger charge is 2.30. The Bertz CT molecular complexity index is 800. The van der Waals surface area contributed by atoms with Gasteiger partial charge >= 0.3 is 5.97 Å². The Labute approximate surface area is 148 Å². The molecule has 1 aliphatic heterocycles. The maximum absolute atomic E-state index is 12.8. The van der Waals surface area contributed by atoms with Crippen molar-refractivity contribution in [1.29, 1.82) is 0 Å². The van der Waals surface area contributed by atoms with Gasteiger partial charge in [-0.05, 0) is 35.0 Å². The second-order valence-electron chi connectivity index (χ2n) is 5.57. The first kappa shape index (κ1) is 16.7. The molecule has 0 N–H and O–H groups in total. The highest BCUT2D eigenvalue weighted by molar-refractivity contribution is 9.10. The van der Waals surface area contributed by atoms with E-state index in [1.807, 2.05) is 18.2 Å². The summed E-state index contributed by atoms with van der Waals surface area (Å²) in [5.74, 6) is -0.462. The number of hydrogen-bond donors (Lipinski definition) is 0. The van der Waals surface area contributed by atoms with Gasteiger partial charge in [0.25, 0.3) is 5.91 Å². The van der Waals surface area contributed by atoms with E-state index in [2.05, 4.69) is 21.0 Å². The third kappa shape index (κ3) is 2.96. The molecule has 0 radical (unpaired) electrons. The zero-order chi connectivity index (χ0) is 17.3. The number of benzene rings is 1. The maximum atomic E-state index is 12.8. The molecule has 3 rings (SSSR count). The molecule has 6 nitrogen and oxygen atoms in total. The fraction of sp³-hybridized carbons (Fsp3) is 0.353. The molecule has 0 saturated carbocycles. The Kier molecular flexibility index (Phi) is 4.71. The maximum Gasteiger partial charge on any atom is 0.356 e. The van der Waals surface area contributed by atoms with Crippen LogP contribution in [0.4, 0.5) is 0 Å². The Morgan fingerprint density at radius 1 is 1.33 bits per heavy atom. The summed E-state index contributed by atoms with van der Waals surface area (Å²) in [5, 5.41) is 4.41. The van der Waals surface area contributed by atoms with E-state index in [1.54, 1.807) is 29.6 Å². The lowest BCUT2D eigenvalue weighted by atomic mass is 10.0. The van der Waals surface area contributed by atoms with Crippen LogP contribution in [0.1, 0.15) is 39.0 Å². The number of rotatable bonds is 3. The average molecular weight is 392 g/mol. The highest BCUT2D eigenvalue weighted by Crippen LogP contribution is 2.25. The van der Waals surface area contributed by atoms with Gasteiger partial charge in [0.15, 0.2) is 5.69 Å². The first-order valence-electron chi connectivity index (χ1n) is 7.78. The van der Waals surface area contributed by atoms with Crippen molar-refractivity contribution in [2.45, 2.75) is 19.9 Å². The number of amides is 1. The second kappa shape index (κ2) is 6.76. The topological polar surface area (TPSA) is 64.4 Å². The van der Waals surface area contributed by atoms with E-state index in [-0.39, 0.29) is 5.91 Å². The van der Waals surface area contributed by atoms with E-state index >= 15 is 0 Å². The zero-order valence-corrected chi connectivity index (χ0v) is 15.2. The number of ether oxygens (including phenoxy) is 1. The predicted molar refractivity (Wildman–Crippen MR) is 91.8 cm³/mol. The fourth-order valence-corrected chi connectivity index (χ4v) is 3.39. The summed E-state index contributed by atoms with van der Waals surface area (Å²) in [6, 6.07) is 7.34. The summed E-state index contributed by atoms with van der Waals surface area (Å²) >= 11 is 3.42. The minimum atomic E-state index is -0.399. The van der Waals surface area contributed by atoms with Crippen LogP contribution in [-0.4, -0.2) is 39.7 Å². The molecule has 7 heteroatoms. The summed E-state index contributed by atoms with van der Waals surface area (Å²) in [7, 11) is 1.73. The number of hydrogen-bond acceptors (Lipinski definition) is 4. The van der Waals surface area contributed by atoms with Gasteiger partial charge in [-0.2, -0.15) is 5.10 Å². The normalized spacial score (nSPS) is 13.5. The van der Waals surface area contributed by atoms with Crippen molar-refractivity contribution in [1.82, 2.24) is 14.7 Å². The van der Waals surface area contributed by atoms with Crippen LogP contribution in [-0.2, 0) is 24.8 Å². The van der Waals surface area contributed by atoms with Crippen molar-refractivity contribution in [3.8, 4) is 0 Å². The molecule has 24 heavy (non-hydrogen) atoms. The van der Waals surface area contributed by atoms with Crippen LogP contribution in [0.15, 0.2) is 28.7 Å². The van der Waals surface area contributed by atoms with Crippen LogP contribution in [0, 0.1) is 0 Å². The van der Waals surface area contributed by atoms with Crippen LogP contribution in [0.3, 0.4) is 0 Å². The molecule has 0 unspecified atom stereocenters. The van der Waals surface area contributed by atoms with Gasteiger partial charge in [-0.15, -0.1) is 0 Å². The second-order valence-corrected chi connectivity index (χ2v) is 6.43. The predicted octanol–water partition coefficient (Wildman–Crippen LogP) is 2.56. The molecule has 2 heterocycles. The number of carbonyl (C=O) groups is 2. The lowest BCUT2D eigenvalue weighted by Gasteiger charge is -2.27. The van der Waals surface area contributed by atoms with Crippen molar-refractivity contribution >= 4 is 27.8 Å². The number of esters is 1. The van der Waals surface area contributed by atoms with E-state index in [0.29, 0.717) is 37.4 Å². The smallest absolute Gasteiger partial charge is 0.356 e. The number of aromatic nitrogens is 2. The fourth-order valence-electron chi connectivity index (χ4n) is 2.93. The van der Waals surface area contributed by atoms with Gasteiger partial charge in [-0.1, -0.05) is 12.1 Å². The minimum Gasteiger partial charge on any atom is -0.461 e. The van der Waals surface area contributed by atoms with E-state index in [4.69, 9.17) is 4.74 Å². The van der Waals surface area contributed by atoms with Gasteiger partial charge in [0.1, 0.15) is 0 Å². The summed E-state index contributed by atoms with van der Waals surface area (Å²) in [5.41, 5.74) is 2.68. The molecule has 0 atom stereocenters. The number of carbonyl (C=O) groups excluding carboxylic acids is 2. The molecule has 0 saturated heterocycles. The molecule has 1 aromatic carbocycles. The third-order valence-corrected chi connectivity index (χ3v) is 4.75. The number of nitrogens with zero attached hydrogens (tertiary/aromatic N) is 3. The number of fused-ring (bicyclic) bond motifs is 1. The molecule has 2 aromatic rings. The van der Waals surface area contributed by atoms with Gasteiger partial charge in [0.05, 0.1) is 24.4 Å². The molecule has 1 aliphatic rings. The standard InChI is InChI=1S/C17H18BrN3O3/c1-3-24-17(23)15-12-10-21(9-8-14(12)19-20(15)2)16(22)11-6-4-5-7-13(11)18/h4-7H,3,8-10H2,1-2H3. The largest absolute Gasteiger partial charge is 0.461 e. The van der Waals surface area contributed by atoms with E-state index < -0.39 is 5.97 Å². The Morgan fingerprint density at radius 2 is 2.08 bits per heavy atom. The van der Waals surface area contributed by atoms with Gasteiger partial charge < -0.3 is 9.64 Å². The number of halogens is 1. The number of aryl methyl sites for hydroxylation is 1. The van der Waals surface area contributed by atoms with E-state index in [0.717, 1.165) is 15.7 Å². The van der Waals surface area contributed by atoms with Crippen LogP contribution in [0.2, 0.25) is 0 Å². The monoisotopic (exact) mass is 391 g/mol. The van der Waals surface area contributed by atoms with Crippen molar-refractivity contribution < 1.29 is 14.3 Å². The molecular formula is C17H18BrN3O3. The van der Waals surface area contributed by atoms with Crippen molar-refractivity contribution in [2.75, 3.05) is 13.2 Å². The third-order valence-electron chi connectivity index (χ3n) is 4.06. The summed E-state index contributed by atoms with van der Waals surface area (Å²) in [6.07, 6.45) is 0.624. The lowest BCUT2D eigenvalue weighted by molar-refractivity contribution is 0.0508. The van der Waals surface area contributed by atoms with Gasteiger partial charge in [0.2, 0.25) is 0 Å².